The van der Waals surface area contributed by atoms with Crippen LogP contribution in [0.25, 0.3) is 11.1 Å². The first-order chi connectivity index (χ1) is 9.45. The lowest BCUT2D eigenvalue weighted by atomic mass is 9.76. The fourth-order valence-electron chi connectivity index (χ4n) is 2.68. The summed E-state index contributed by atoms with van der Waals surface area (Å²) in [6.07, 6.45) is 2.35. The molecule has 5 nitrogen and oxygen atoms in total. The molecule has 0 amide bonds. The quantitative estimate of drug-likeness (QED) is 0.861. The SMILES string of the molecule is CCOC(=O)c1c(N)sc2c1-c1conc1CC2(C)C. The number of nitrogens with two attached hydrogens (primary N) is 1. The van der Waals surface area contributed by atoms with E-state index < -0.39 is 0 Å². The van der Waals surface area contributed by atoms with Crippen molar-refractivity contribution in [1.82, 2.24) is 5.16 Å². The van der Waals surface area contributed by atoms with E-state index in [4.69, 9.17) is 15.0 Å². The molecule has 0 aromatic carbocycles. The minimum atomic E-state index is -0.382. The highest BCUT2D eigenvalue weighted by atomic mass is 32.1. The summed E-state index contributed by atoms with van der Waals surface area (Å²) in [4.78, 5) is 13.3. The number of aromatic nitrogens is 1. The van der Waals surface area contributed by atoms with Crippen molar-refractivity contribution in [1.29, 1.82) is 0 Å². The first-order valence-electron chi connectivity index (χ1n) is 6.49. The van der Waals surface area contributed by atoms with Crippen molar-refractivity contribution in [3.05, 3.63) is 22.4 Å². The number of nitrogen functional groups attached to an aromatic ring is 1. The van der Waals surface area contributed by atoms with Crippen molar-refractivity contribution in [2.24, 2.45) is 0 Å². The molecule has 106 valence electrons. The minimum absolute atomic E-state index is 0.122. The average molecular weight is 292 g/mol. The van der Waals surface area contributed by atoms with E-state index in [1.807, 2.05) is 0 Å². The van der Waals surface area contributed by atoms with Gasteiger partial charge in [-0.15, -0.1) is 11.3 Å². The highest BCUT2D eigenvalue weighted by Crippen LogP contribution is 2.50. The van der Waals surface area contributed by atoms with E-state index >= 15 is 0 Å². The zero-order valence-corrected chi connectivity index (χ0v) is 12.5. The number of thiophene rings is 1. The third-order valence-corrected chi connectivity index (χ3v) is 4.94. The molecule has 0 radical (unpaired) electrons. The molecule has 2 N–H and O–H groups in total. The Hall–Kier alpha value is -1.82. The Balaban J connectivity index is 2.27. The second-order valence-electron chi connectivity index (χ2n) is 5.50. The second kappa shape index (κ2) is 4.34. The van der Waals surface area contributed by atoms with Gasteiger partial charge in [-0.05, 0) is 6.92 Å². The summed E-state index contributed by atoms with van der Waals surface area (Å²) in [7, 11) is 0. The Labute approximate surface area is 120 Å². The Morgan fingerprint density at radius 3 is 3.05 bits per heavy atom. The van der Waals surface area contributed by atoms with Crippen LogP contribution in [0.2, 0.25) is 0 Å². The summed E-state index contributed by atoms with van der Waals surface area (Å²) in [5, 5.41) is 4.54. The van der Waals surface area contributed by atoms with Gasteiger partial charge < -0.3 is 15.0 Å². The molecule has 0 saturated carbocycles. The number of fused-ring (bicyclic) bond motifs is 3. The lowest BCUT2D eigenvalue weighted by Crippen LogP contribution is -2.24. The fourth-order valence-corrected chi connectivity index (χ4v) is 3.85. The lowest BCUT2D eigenvalue weighted by molar-refractivity contribution is 0.0529. The molecule has 0 unspecified atom stereocenters. The standard InChI is InChI=1S/C14H16N2O3S/c1-4-18-13(17)10-9-7-6-19-16-8(7)5-14(2,3)11(9)20-12(10)15/h6H,4-5,15H2,1-3H3. The summed E-state index contributed by atoms with van der Waals surface area (Å²) in [5.74, 6) is -0.382. The Morgan fingerprint density at radius 2 is 2.35 bits per heavy atom. The zero-order valence-electron chi connectivity index (χ0n) is 11.6. The smallest absolute Gasteiger partial charge is 0.341 e. The van der Waals surface area contributed by atoms with E-state index in [0.717, 1.165) is 28.1 Å². The maximum absolute atomic E-state index is 12.2. The van der Waals surface area contributed by atoms with Crippen molar-refractivity contribution in [2.45, 2.75) is 32.6 Å². The largest absolute Gasteiger partial charge is 0.462 e. The number of nitrogens with zero attached hydrogens (tertiary/aromatic N) is 1. The molecule has 0 spiro atoms. The normalized spacial score (nSPS) is 15.6. The van der Waals surface area contributed by atoms with E-state index in [-0.39, 0.29) is 11.4 Å². The monoisotopic (exact) mass is 292 g/mol. The molecule has 2 aromatic rings. The number of carbonyl (C=O) groups excluding carboxylic acids is 1. The average Bonchev–Trinajstić information content (AvgIpc) is 2.92. The molecule has 20 heavy (non-hydrogen) atoms. The predicted molar refractivity (Wildman–Crippen MR) is 76.9 cm³/mol. The maximum atomic E-state index is 12.2. The van der Waals surface area contributed by atoms with Gasteiger partial charge in [-0.2, -0.15) is 0 Å². The molecule has 1 aliphatic carbocycles. The van der Waals surface area contributed by atoms with Crippen LogP contribution in [0, 0.1) is 0 Å². The summed E-state index contributed by atoms with van der Waals surface area (Å²) in [5.41, 5.74) is 8.95. The highest BCUT2D eigenvalue weighted by Gasteiger charge is 2.39. The van der Waals surface area contributed by atoms with Gasteiger partial charge in [0, 0.05) is 27.8 Å². The van der Waals surface area contributed by atoms with E-state index in [0.29, 0.717) is 17.2 Å². The van der Waals surface area contributed by atoms with Crippen LogP contribution in [0.5, 0.6) is 0 Å². The van der Waals surface area contributed by atoms with E-state index in [1.54, 1.807) is 13.2 Å². The number of ether oxygens (including phenoxy) is 1. The van der Waals surface area contributed by atoms with Crippen molar-refractivity contribution >= 4 is 22.3 Å². The van der Waals surface area contributed by atoms with Crippen LogP contribution in [0.15, 0.2) is 10.8 Å². The van der Waals surface area contributed by atoms with Crippen LogP contribution in [-0.2, 0) is 16.6 Å². The van der Waals surface area contributed by atoms with Crippen LogP contribution in [0.1, 0.15) is 41.7 Å². The minimum Gasteiger partial charge on any atom is -0.462 e. The van der Waals surface area contributed by atoms with Crippen molar-refractivity contribution in [3.63, 3.8) is 0 Å². The number of rotatable bonds is 2. The summed E-state index contributed by atoms with van der Waals surface area (Å²) >= 11 is 1.45. The molecule has 0 atom stereocenters. The third-order valence-electron chi connectivity index (χ3n) is 3.55. The first kappa shape index (κ1) is 13.2. The van der Waals surface area contributed by atoms with Crippen LogP contribution in [0.4, 0.5) is 5.00 Å². The Morgan fingerprint density at radius 1 is 1.60 bits per heavy atom. The molecule has 1 aliphatic rings. The van der Waals surface area contributed by atoms with Gasteiger partial charge in [0.15, 0.2) is 0 Å². The summed E-state index contributed by atoms with van der Waals surface area (Å²) in [6.45, 7) is 6.34. The topological polar surface area (TPSA) is 78.4 Å². The van der Waals surface area contributed by atoms with Gasteiger partial charge in [-0.25, -0.2) is 4.79 Å². The summed E-state index contributed by atoms with van der Waals surface area (Å²) < 4.78 is 10.2. The van der Waals surface area contributed by atoms with E-state index in [2.05, 4.69) is 19.0 Å². The van der Waals surface area contributed by atoms with Gasteiger partial charge in [0.1, 0.15) is 16.8 Å². The number of hydrogen-bond donors (Lipinski definition) is 1. The lowest BCUT2D eigenvalue weighted by Gasteiger charge is -2.28. The number of carbonyl (C=O) groups is 1. The third kappa shape index (κ3) is 1.75. The Bertz CT molecular complexity index is 685. The molecular formula is C14H16N2O3S. The summed E-state index contributed by atoms with van der Waals surface area (Å²) in [6, 6.07) is 0. The number of hydrogen-bond acceptors (Lipinski definition) is 6. The first-order valence-corrected chi connectivity index (χ1v) is 7.31. The van der Waals surface area contributed by atoms with Gasteiger partial charge in [0.25, 0.3) is 0 Å². The van der Waals surface area contributed by atoms with Gasteiger partial charge in [0.2, 0.25) is 0 Å². The molecule has 0 fully saturated rings. The van der Waals surface area contributed by atoms with Crippen molar-refractivity contribution in [3.8, 4) is 11.1 Å². The van der Waals surface area contributed by atoms with E-state index in [1.165, 1.54) is 11.3 Å². The maximum Gasteiger partial charge on any atom is 0.341 e. The zero-order chi connectivity index (χ0) is 14.5. The highest BCUT2D eigenvalue weighted by molar-refractivity contribution is 7.17. The van der Waals surface area contributed by atoms with E-state index in [9.17, 15) is 4.79 Å². The van der Waals surface area contributed by atoms with Crippen molar-refractivity contribution < 1.29 is 14.1 Å². The van der Waals surface area contributed by atoms with Crippen LogP contribution < -0.4 is 5.73 Å². The van der Waals surface area contributed by atoms with Crippen LogP contribution >= 0.6 is 11.3 Å². The molecular weight excluding hydrogens is 276 g/mol. The second-order valence-corrected chi connectivity index (χ2v) is 6.55. The number of anilines is 1. The molecule has 2 heterocycles. The van der Waals surface area contributed by atoms with Crippen molar-refractivity contribution in [2.75, 3.05) is 12.3 Å². The molecule has 0 bridgehead atoms. The van der Waals surface area contributed by atoms with Gasteiger partial charge >= 0.3 is 5.97 Å². The van der Waals surface area contributed by atoms with Gasteiger partial charge in [-0.1, -0.05) is 19.0 Å². The molecule has 6 heteroatoms. The predicted octanol–water partition coefficient (Wildman–Crippen LogP) is 3.00. The van der Waals surface area contributed by atoms with Crippen LogP contribution in [-0.4, -0.2) is 17.7 Å². The van der Waals surface area contributed by atoms with Gasteiger partial charge in [-0.3, -0.25) is 0 Å². The number of esters is 1. The molecule has 3 rings (SSSR count). The van der Waals surface area contributed by atoms with Crippen LogP contribution in [0.3, 0.4) is 0 Å². The molecule has 0 aliphatic heterocycles. The Kier molecular flexibility index (Phi) is 2.86. The molecule has 0 saturated heterocycles. The molecule has 2 aromatic heterocycles. The fraction of sp³-hybridized carbons (Fsp3) is 0.429. The van der Waals surface area contributed by atoms with Gasteiger partial charge in [0.05, 0.1) is 12.3 Å².